The summed E-state index contributed by atoms with van der Waals surface area (Å²) in [5.41, 5.74) is 3.81. The van der Waals surface area contributed by atoms with E-state index in [1.54, 1.807) is 19.0 Å². The van der Waals surface area contributed by atoms with E-state index in [2.05, 4.69) is 10.3 Å². The summed E-state index contributed by atoms with van der Waals surface area (Å²) in [5, 5.41) is 3.29. The van der Waals surface area contributed by atoms with Gasteiger partial charge in [-0.05, 0) is 42.8 Å². The van der Waals surface area contributed by atoms with Crippen LogP contribution in [-0.2, 0) is 6.54 Å². The Morgan fingerprint density at radius 3 is 2.40 bits per heavy atom. The summed E-state index contributed by atoms with van der Waals surface area (Å²) in [4.78, 5) is 17.7. The lowest BCUT2D eigenvalue weighted by atomic mass is 10.2. The molecule has 0 unspecified atom stereocenters. The second-order valence-electron chi connectivity index (χ2n) is 4.96. The van der Waals surface area contributed by atoms with Gasteiger partial charge in [0.2, 0.25) is 0 Å². The topological polar surface area (TPSA) is 45.2 Å². The van der Waals surface area contributed by atoms with Crippen molar-refractivity contribution in [1.82, 2.24) is 9.88 Å². The van der Waals surface area contributed by atoms with Gasteiger partial charge in [-0.1, -0.05) is 6.07 Å². The Morgan fingerprint density at radius 1 is 1.15 bits per heavy atom. The van der Waals surface area contributed by atoms with Crippen LogP contribution < -0.4 is 5.32 Å². The van der Waals surface area contributed by atoms with Gasteiger partial charge in [-0.15, -0.1) is 0 Å². The molecule has 2 rings (SSSR count). The molecule has 0 aliphatic carbocycles. The van der Waals surface area contributed by atoms with E-state index >= 15 is 0 Å². The SMILES string of the molecule is Cc1ccc(CNc2ccc(C(=O)N(C)C)cc2)nc1. The van der Waals surface area contributed by atoms with Gasteiger partial charge in [-0.25, -0.2) is 0 Å². The molecule has 104 valence electrons. The molecule has 1 N–H and O–H groups in total. The number of nitrogens with one attached hydrogen (secondary N) is 1. The van der Waals surface area contributed by atoms with Crippen LogP contribution in [0.4, 0.5) is 5.69 Å². The van der Waals surface area contributed by atoms with Crippen LogP contribution in [-0.4, -0.2) is 29.9 Å². The zero-order valence-electron chi connectivity index (χ0n) is 12.1. The largest absolute Gasteiger partial charge is 0.379 e. The van der Waals surface area contributed by atoms with Crippen LogP contribution in [0.15, 0.2) is 42.6 Å². The molecule has 4 nitrogen and oxygen atoms in total. The first-order valence-electron chi connectivity index (χ1n) is 6.53. The number of carbonyl (C=O) groups excluding carboxylic acids is 1. The highest BCUT2D eigenvalue weighted by molar-refractivity contribution is 5.94. The van der Waals surface area contributed by atoms with Gasteiger partial charge in [-0.2, -0.15) is 0 Å². The van der Waals surface area contributed by atoms with Crippen LogP contribution in [0.25, 0.3) is 0 Å². The van der Waals surface area contributed by atoms with Crippen molar-refractivity contribution in [1.29, 1.82) is 0 Å². The first-order valence-corrected chi connectivity index (χ1v) is 6.53. The first-order chi connectivity index (χ1) is 9.56. The molecule has 0 saturated heterocycles. The first kappa shape index (κ1) is 14.1. The monoisotopic (exact) mass is 269 g/mol. The molecule has 0 aliphatic rings. The van der Waals surface area contributed by atoms with E-state index in [1.165, 1.54) is 0 Å². The van der Waals surface area contributed by atoms with E-state index in [0.29, 0.717) is 12.1 Å². The predicted molar refractivity (Wildman–Crippen MR) is 80.8 cm³/mol. The third-order valence-corrected chi connectivity index (χ3v) is 2.98. The molecule has 0 atom stereocenters. The lowest BCUT2D eigenvalue weighted by Gasteiger charge is -2.11. The number of benzene rings is 1. The van der Waals surface area contributed by atoms with Crippen LogP contribution in [0, 0.1) is 6.92 Å². The molecule has 0 spiro atoms. The molecule has 4 heteroatoms. The minimum atomic E-state index is 0.0109. The lowest BCUT2D eigenvalue weighted by molar-refractivity contribution is 0.0827. The molecule has 0 aliphatic heterocycles. The smallest absolute Gasteiger partial charge is 0.253 e. The second kappa shape index (κ2) is 6.19. The molecule has 1 heterocycles. The third-order valence-electron chi connectivity index (χ3n) is 2.98. The average molecular weight is 269 g/mol. The fraction of sp³-hybridized carbons (Fsp3) is 0.250. The minimum Gasteiger partial charge on any atom is -0.379 e. The van der Waals surface area contributed by atoms with Gasteiger partial charge in [-0.3, -0.25) is 9.78 Å². The van der Waals surface area contributed by atoms with E-state index in [0.717, 1.165) is 16.9 Å². The third kappa shape index (κ3) is 3.57. The number of aromatic nitrogens is 1. The number of aryl methyl sites for hydroxylation is 1. The summed E-state index contributed by atoms with van der Waals surface area (Å²) in [7, 11) is 3.50. The van der Waals surface area contributed by atoms with Gasteiger partial charge in [0, 0.05) is 31.5 Å². The zero-order valence-corrected chi connectivity index (χ0v) is 12.1. The quantitative estimate of drug-likeness (QED) is 0.928. The second-order valence-corrected chi connectivity index (χ2v) is 4.96. The molecular formula is C16H19N3O. The van der Waals surface area contributed by atoms with Crippen LogP contribution >= 0.6 is 0 Å². The molecule has 0 fully saturated rings. The lowest BCUT2D eigenvalue weighted by Crippen LogP contribution is -2.21. The van der Waals surface area contributed by atoms with Crippen molar-refractivity contribution in [2.24, 2.45) is 0 Å². The highest BCUT2D eigenvalue weighted by Gasteiger charge is 2.06. The van der Waals surface area contributed by atoms with Crippen LogP contribution in [0.5, 0.6) is 0 Å². The van der Waals surface area contributed by atoms with E-state index < -0.39 is 0 Å². The Kier molecular flexibility index (Phi) is 4.35. The van der Waals surface area contributed by atoms with Crippen LogP contribution in [0.1, 0.15) is 21.6 Å². The Bertz CT molecular complexity index is 574. The highest BCUT2D eigenvalue weighted by atomic mass is 16.2. The summed E-state index contributed by atoms with van der Waals surface area (Å²) >= 11 is 0. The van der Waals surface area contributed by atoms with Crippen molar-refractivity contribution in [3.05, 3.63) is 59.4 Å². The Labute approximate surface area is 119 Å². The molecule has 2 aromatic rings. The molecule has 0 radical (unpaired) electrons. The molecule has 20 heavy (non-hydrogen) atoms. The van der Waals surface area contributed by atoms with Crippen molar-refractivity contribution >= 4 is 11.6 Å². The number of hydrogen-bond acceptors (Lipinski definition) is 3. The summed E-state index contributed by atoms with van der Waals surface area (Å²) in [6.07, 6.45) is 1.86. The van der Waals surface area contributed by atoms with Crippen molar-refractivity contribution in [2.75, 3.05) is 19.4 Å². The minimum absolute atomic E-state index is 0.0109. The maximum Gasteiger partial charge on any atom is 0.253 e. The highest BCUT2D eigenvalue weighted by Crippen LogP contribution is 2.12. The molecule has 1 amide bonds. The normalized spacial score (nSPS) is 10.2. The van der Waals surface area contributed by atoms with Crippen molar-refractivity contribution in [2.45, 2.75) is 13.5 Å². The Balaban J connectivity index is 1.97. The van der Waals surface area contributed by atoms with Crippen molar-refractivity contribution < 1.29 is 4.79 Å². The number of nitrogens with zero attached hydrogens (tertiary/aromatic N) is 2. The van der Waals surface area contributed by atoms with Gasteiger partial charge in [0.1, 0.15) is 0 Å². The molecule has 0 bridgehead atoms. The van der Waals surface area contributed by atoms with Gasteiger partial charge < -0.3 is 10.2 Å². The summed E-state index contributed by atoms with van der Waals surface area (Å²) in [6, 6.07) is 11.5. The molecule has 0 saturated carbocycles. The fourth-order valence-corrected chi connectivity index (χ4v) is 1.78. The number of pyridine rings is 1. The molecule has 1 aromatic heterocycles. The standard InChI is InChI=1S/C16H19N3O/c1-12-4-7-15(17-10-12)11-18-14-8-5-13(6-9-14)16(20)19(2)3/h4-10,18H,11H2,1-3H3. The number of hydrogen-bond donors (Lipinski definition) is 1. The summed E-state index contributed by atoms with van der Waals surface area (Å²) in [5.74, 6) is 0.0109. The average Bonchev–Trinajstić information content (AvgIpc) is 2.46. The summed E-state index contributed by atoms with van der Waals surface area (Å²) < 4.78 is 0. The van der Waals surface area contributed by atoms with E-state index in [9.17, 15) is 4.79 Å². The number of rotatable bonds is 4. The molecular weight excluding hydrogens is 250 g/mol. The number of amides is 1. The van der Waals surface area contributed by atoms with Crippen molar-refractivity contribution in [3.8, 4) is 0 Å². The van der Waals surface area contributed by atoms with Gasteiger partial charge in [0.05, 0.1) is 12.2 Å². The molecule has 1 aromatic carbocycles. The van der Waals surface area contributed by atoms with Crippen LogP contribution in [0.3, 0.4) is 0 Å². The van der Waals surface area contributed by atoms with E-state index in [4.69, 9.17) is 0 Å². The van der Waals surface area contributed by atoms with Crippen molar-refractivity contribution in [3.63, 3.8) is 0 Å². The van der Waals surface area contributed by atoms with Crippen LogP contribution in [0.2, 0.25) is 0 Å². The number of anilines is 1. The Morgan fingerprint density at radius 2 is 1.85 bits per heavy atom. The predicted octanol–water partition coefficient (Wildman–Crippen LogP) is 2.70. The number of carbonyl (C=O) groups is 1. The van der Waals surface area contributed by atoms with E-state index in [-0.39, 0.29) is 5.91 Å². The van der Waals surface area contributed by atoms with E-state index in [1.807, 2.05) is 49.5 Å². The van der Waals surface area contributed by atoms with Gasteiger partial charge >= 0.3 is 0 Å². The maximum atomic E-state index is 11.8. The Hall–Kier alpha value is -2.36. The maximum absolute atomic E-state index is 11.8. The van der Waals surface area contributed by atoms with Gasteiger partial charge in [0.15, 0.2) is 0 Å². The fourth-order valence-electron chi connectivity index (χ4n) is 1.78. The summed E-state index contributed by atoms with van der Waals surface area (Å²) in [6.45, 7) is 2.69. The van der Waals surface area contributed by atoms with Gasteiger partial charge in [0.25, 0.3) is 5.91 Å². The zero-order chi connectivity index (χ0) is 14.5.